The van der Waals surface area contributed by atoms with Crippen LogP contribution in [0, 0.1) is 0 Å². The van der Waals surface area contributed by atoms with Gasteiger partial charge in [-0.15, -0.1) is 0 Å². The maximum atomic E-state index is 13.1. The van der Waals surface area contributed by atoms with Crippen molar-refractivity contribution in [2.75, 3.05) is 6.54 Å². The quantitative estimate of drug-likeness (QED) is 0.729. The van der Waals surface area contributed by atoms with Crippen molar-refractivity contribution >= 4 is 11.8 Å². The van der Waals surface area contributed by atoms with Crippen LogP contribution in [0.2, 0.25) is 0 Å². The third-order valence-electron chi connectivity index (χ3n) is 4.85. The lowest BCUT2D eigenvalue weighted by molar-refractivity contribution is -0.122. The van der Waals surface area contributed by atoms with Gasteiger partial charge in [-0.05, 0) is 11.1 Å². The van der Waals surface area contributed by atoms with Gasteiger partial charge in [0.15, 0.2) is 5.69 Å². The van der Waals surface area contributed by atoms with Crippen LogP contribution in [0.5, 0.6) is 0 Å². The number of primary amides is 1. The first kappa shape index (κ1) is 14.9. The summed E-state index contributed by atoms with van der Waals surface area (Å²) in [6.45, 7) is 1.85. The van der Waals surface area contributed by atoms with E-state index in [1.165, 1.54) is 0 Å². The molecule has 0 saturated heterocycles. The molecule has 1 aromatic heterocycles. The molecule has 2 aromatic rings. The van der Waals surface area contributed by atoms with Gasteiger partial charge in [-0.3, -0.25) is 14.7 Å². The summed E-state index contributed by atoms with van der Waals surface area (Å²) in [7, 11) is 0. The van der Waals surface area contributed by atoms with Crippen LogP contribution in [-0.4, -0.2) is 39.5 Å². The van der Waals surface area contributed by atoms with Gasteiger partial charge in [0.2, 0.25) is 5.91 Å². The molecule has 0 radical (unpaired) electrons. The summed E-state index contributed by atoms with van der Waals surface area (Å²) in [6.07, 6.45) is 1.26. The highest BCUT2D eigenvalue weighted by atomic mass is 16.2. The topological polar surface area (TPSA) is 104 Å². The normalized spacial score (nSPS) is 19.5. The van der Waals surface area contributed by atoms with Crippen molar-refractivity contribution in [2.24, 2.45) is 5.73 Å². The Bertz CT molecular complexity index is 813. The molecule has 4 rings (SSSR count). The summed E-state index contributed by atoms with van der Waals surface area (Å²) in [4.78, 5) is 26.5. The number of nitrogens with one attached hydrogen (secondary N) is 2. The molecule has 2 aliphatic heterocycles. The van der Waals surface area contributed by atoms with Crippen LogP contribution < -0.4 is 11.1 Å². The summed E-state index contributed by atoms with van der Waals surface area (Å²) in [6, 6.07) is 7.19. The molecule has 0 aliphatic carbocycles. The van der Waals surface area contributed by atoms with Crippen molar-refractivity contribution in [1.29, 1.82) is 0 Å². The number of nitrogens with zero attached hydrogens (tertiary/aromatic N) is 2. The summed E-state index contributed by atoms with van der Waals surface area (Å²) in [5.41, 5.74) is 9.96. The van der Waals surface area contributed by atoms with Crippen LogP contribution in [0.1, 0.15) is 32.9 Å². The van der Waals surface area contributed by atoms with E-state index in [1.807, 2.05) is 24.3 Å². The van der Waals surface area contributed by atoms with Gasteiger partial charge < -0.3 is 16.0 Å². The van der Waals surface area contributed by atoms with Gasteiger partial charge in [0.25, 0.3) is 5.91 Å². The molecular formula is C17H19N5O2. The lowest BCUT2D eigenvalue weighted by atomic mass is 9.93. The number of amides is 2. The van der Waals surface area contributed by atoms with Gasteiger partial charge in [0.05, 0.1) is 0 Å². The molecule has 2 amide bonds. The van der Waals surface area contributed by atoms with E-state index in [9.17, 15) is 9.59 Å². The molecule has 4 N–H and O–H groups in total. The Morgan fingerprint density at radius 3 is 2.83 bits per heavy atom. The second kappa shape index (κ2) is 5.76. The summed E-state index contributed by atoms with van der Waals surface area (Å²) in [5, 5.41) is 10.4. The third kappa shape index (κ3) is 2.37. The monoisotopic (exact) mass is 325 g/mol. The molecule has 0 fully saturated rings. The van der Waals surface area contributed by atoms with Crippen molar-refractivity contribution in [3.05, 3.63) is 52.3 Å². The Morgan fingerprint density at radius 2 is 2.04 bits per heavy atom. The zero-order chi connectivity index (χ0) is 16.7. The number of aromatic nitrogens is 2. The molecule has 1 aromatic carbocycles. The van der Waals surface area contributed by atoms with Crippen LogP contribution in [-0.2, 0) is 30.7 Å². The van der Waals surface area contributed by atoms with E-state index in [0.717, 1.165) is 35.3 Å². The van der Waals surface area contributed by atoms with E-state index in [1.54, 1.807) is 4.90 Å². The highest BCUT2D eigenvalue weighted by molar-refractivity contribution is 5.97. The van der Waals surface area contributed by atoms with E-state index in [-0.39, 0.29) is 5.91 Å². The largest absolute Gasteiger partial charge is 0.368 e. The zero-order valence-corrected chi connectivity index (χ0v) is 13.2. The molecule has 0 saturated carbocycles. The van der Waals surface area contributed by atoms with Crippen LogP contribution in [0.4, 0.5) is 0 Å². The molecule has 1 unspecified atom stereocenters. The summed E-state index contributed by atoms with van der Waals surface area (Å²) in [5.74, 6) is -0.727. The Morgan fingerprint density at radius 1 is 1.25 bits per heavy atom. The highest BCUT2D eigenvalue weighted by Crippen LogP contribution is 2.26. The summed E-state index contributed by atoms with van der Waals surface area (Å²) < 4.78 is 0. The Labute approximate surface area is 139 Å². The predicted octanol–water partition coefficient (Wildman–Crippen LogP) is 0.108. The minimum atomic E-state index is -0.642. The van der Waals surface area contributed by atoms with Crippen LogP contribution in [0.15, 0.2) is 24.3 Å². The van der Waals surface area contributed by atoms with E-state index >= 15 is 0 Å². The Balaban J connectivity index is 1.70. The third-order valence-corrected chi connectivity index (χ3v) is 4.85. The van der Waals surface area contributed by atoms with E-state index in [2.05, 4.69) is 15.5 Å². The van der Waals surface area contributed by atoms with E-state index in [0.29, 0.717) is 25.2 Å². The standard InChI is InChI=1S/C17H19N5O2/c18-16(23)14-7-10-3-1-2-4-11(10)9-22(14)17(24)15-12-8-19-6-5-13(12)20-21-15/h1-4,14,19H,5-9H2,(H2,18,23)(H,20,21). The van der Waals surface area contributed by atoms with Gasteiger partial charge >= 0.3 is 0 Å². The van der Waals surface area contributed by atoms with Crippen molar-refractivity contribution in [3.63, 3.8) is 0 Å². The molecule has 0 bridgehead atoms. The lowest BCUT2D eigenvalue weighted by Crippen LogP contribution is -2.51. The maximum absolute atomic E-state index is 13.1. The fraction of sp³-hybridized carbons (Fsp3) is 0.353. The maximum Gasteiger partial charge on any atom is 0.275 e. The average molecular weight is 325 g/mol. The zero-order valence-electron chi connectivity index (χ0n) is 13.2. The van der Waals surface area contributed by atoms with Crippen molar-refractivity contribution < 1.29 is 9.59 Å². The number of nitrogens with two attached hydrogens (primary N) is 1. The van der Waals surface area contributed by atoms with Crippen LogP contribution in [0.3, 0.4) is 0 Å². The molecule has 7 nitrogen and oxygen atoms in total. The summed E-state index contributed by atoms with van der Waals surface area (Å²) >= 11 is 0. The minimum Gasteiger partial charge on any atom is -0.368 e. The molecule has 7 heteroatoms. The second-order valence-corrected chi connectivity index (χ2v) is 6.28. The number of H-pyrrole nitrogens is 1. The number of carbonyl (C=O) groups is 2. The fourth-order valence-corrected chi connectivity index (χ4v) is 3.53. The SMILES string of the molecule is NC(=O)C1Cc2ccccc2CN1C(=O)c1n[nH]c2c1CNCC2. The number of carbonyl (C=O) groups excluding carboxylic acids is 2. The number of fused-ring (bicyclic) bond motifs is 2. The van der Waals surface area contributed by atoms with Gasteiger partial charge in [-0.2, -0.15) is 5.10 Å². The van der Waals surface area contributed by atoms with Crippen molar-refractivity contribution in [2.45, 2.75) is 32.0 Å². The lowest BCUT2D eigenvalue weighted by Gasteiger charge is -2.35. The minimum absolute atomic E-state index is 0.241. The van der Waals surface area contributed by atoms with Gasteiger partial charge in [-0.25, -0.2) is 0 Å². The number of rotatable bonds is 2. The van der Waals surface area contributed by atoms with Gasteiger partial charge in [0.1, 0.15) is 6.04 Å². The van der Waals surface area contributed by atoms with E-state index < -0.39 is 11.9 Å². The molecule has 1 atom stereocenters. The van der Waals surface area contributed by atoms with Crippen molar-refractivity contribution in [3.8, 4) is 0 Å². The molecule has 3 heterocycles. The average Bonchev–Trinajstić information content (AvgIpc) is 3.04. The van der Waals surface area contributed by atoms with E-state index in [4.69, 9.17) is 5.73 Å². The smallest absolute Gasteiger partial charge is 0.275 e. The van der Waals surface area contributed by atoms with Gasteiger partial charge in [0, 0.05) is 43.7 Å². The molecule has 124 valence electrons. The van der Waals surface area contributed by atoms with Crippen molar-refractivity contribution in [1.82, 2.24) is 20.4 Å². The molecule has 2 aliphatic rings. The number of aromatic amines is 1. The highest BCUT2D eigenvalue weighted by Gasteiger charge is 2.36. The number of benzene rings is 1. The number of hydrogen-bond acceptors (Lipinski definition) is 4. The predicted molar refractivity (Wildman–Crippen MR) is 87.0 cm³/mol. The second-order valence-electron chi connectivity index (χ2n) is 6.28. The van der Waals surface area contributed by atoms with Crippen LogP contribution >= 0.6 is 0 Å². The van der Waals surface area contributed by atoms with Gasteiger partial charge in [-0.1, -0.05) is 24.3 Å². The Hall–Kier alpha value is -2.67. The molecular weight excluding hydrogens is 306 g/mol. The van der Waals surface area contributed by atoms with Crippen LogP contribution in [0.25, 0.3) is 0 Å². The number of hydrogen-bond donors (Lipinski definition) is 3. The first-order valence-corrected chi connectivity index (χ1v) is 8.09. The fourth-order valence-electron chi connectivity index (χ4n) is 3.53. The molecule has 24 heavy (non-hydrogen) atoms. The first-order valence-electron chi connectivity index (χ1n) is 8.09. The first-order chi connectivity index (χ1) is 11.6. The molecule has 0 spiro atoms. The Kier molecular flexibility index (Phi) is 3.57.